The first-order valence-electron chi connectivity index (χ1n) is 5.90. The molecule has 20 heavy (non-hydrogen) atoms. The van der Waals surface area contributed by atoms with Crippen LogP contribution in [0.25, 0.3) is 0 Å². The first-order valence-corrected chi connectivity index (χ1v) is 7.05. The number of rotatable bonds is 2. The highest BCUT2D eigenvalue weighted by Gasteiger charge is 2.28. The van der Waals surface area contributed by atoms with Gasteiger partial charge in [0, 0.05) is 0 Å². The summed E-state index contributed by atoms with van der Waals surface area (Å²) in [6.45, 7) is 0. The SMILES string of the molecule is O=C1O/C(=C/Oc2ccccc2)S(=O)c2ccccc21. The molecule has 5 heteroatoms. The number of para-hydroxylation sites is 1. The molecule has 0 fully saturated rings. The summed E-state index contributed by atoms with van der Waals surface area (Å²) in [5.74, 6) is 0.0509. The molecule has 0 aliphatic carbocycles. The van der Waals surface area contributed by atoms with Gasteiger partial charge in [-0.15, -0.1) is 0 Å². The van der Waals surface area contributed by atoms with Gasteiger partial charge in [-0.2, -0.15) is 0 Å². The Morgan fingerprint density at radius 3 is 2.50 bits per heavy atom. The van der Waals surface area contributed by atoms with Gasteiger partial charge in [0.25, 0.3) is 0 Å². The van der Waals surface area contributed by atoms with E-state index in [4.69, 9.17) is 9.47 Å². The summed E-state index contributed by atoms with van der Waals surface area (Å²) in [5, 5.41) is -0.00227. The van der Waals surface area contributed by atoms with Crippen molar-refractivity contribution < 1.29 is 18.5 Å². The predicted octanol–water partition coefficient (Wildman–Crippen LogP) is 2.84. The van der Waals surface area contributed by atoms with Crippen LogP contribution in [0.2, 0.25) is 0 Å². The molecule has 1 unspecified atom stereocenters. The standard InChI is InChI=1S/C15H10O4S/c16-15-12-8-4-5-9-13(12)20(17)14(19-15)10-18-11-6-2-1-3-7-11/h1-10H/b14-10-. The van der Waals surface area contributed by atoms with Gasteiger partial charge in [0.2, 0.25) is 5.09 Å². The molecule has 0 aromatic heterocycles. The van der Waals surface area contributed by atoms with Gasteiger partial charge in [-0.3, -0.25) is 0 Å². The molecule has 0 saturated carbocycles. The fraction of sp³-hybridized carbons (Fsp3) is 0. The highest BCUT2D eigenvalue weighted by Crippen LogP contribution is 2.27. The Bertz CT molecular complexity index is 707. The van der Waals surface area contributed by atoms with Crippen LogP contribution in [0.4, 0.5) is 0 Å². The van der Waals surface area contributed by atoms with Crippen molar-refractivity contribution in [3.05, 3.63) is 71.5 Å². The molecular formula is C15H10O4S. The monoisotopic (exact) mass is 286 g/mol. The second-order valence-corrected chi connectivity index (χ2v) is 5.40. The molecular weight excluding hydrogens is 276 g/mol. The number of carbonyl (C=O) groups excluding carboxylic acids is 1. The van der Waals surface area contributed by atoms with Crippen molar-refractivity contribution in [1.82, 2.24) is 0 Å². The Morgan fingerprint density at radius 1 is 1.00 bits per heavy atom. The van der Waals surface area contributed by atoms with E-state index >= 15 is 0 Å². The van der Waals surface area contributed by atoms with Gasteiger partial charge in [-0.1, -0.05) is 30.3 Å². The quantitative estimate of drug-likeness (QED) is 0.629. The topological polar surface area (TPSA) is 52.6 Å². The Morgan fingerprint density at radius 2 is 1.70 bits per heavy atom. The second-order valence-electron chi connectivity index (χ2n) is 4.02. The van der Waals surface area contributed by atoms with Crippen molar-refractivity contribution in [1.29, 1.82) is 0 Å². The van der Waals surface area contributed by atoms with Crippen LogP contribution in [-0.2, 0) is 15.5 Å². The van der Waals surface area contributed by atoms with Crippen molar-refractivity contribution in [2.24, 2.45) is 0 Å². The van der Waals surface area contributed by atoms with Gasteiger partial charge in [0.1, 0.15) is 22.8 Å². The number of fused-ring (bicyclic) bond motifs is 1. The minimum Gasteiger partial charge on any atom is -0.460 e. The van der Waals surface area contributed by atoms with Gasteiger partial charge < -0.3 is 9.47 Å². The van der Waals surface area contributed by atoms with E-state index in [0.29, 0.717) is 16.2 Å². The molecule has 0 bridgehead atoms. The smallest absolute Gasteiger partial charge is 0.345 e. The Labute approximate surface area is 118 Å². The van der Waals surface area contributed by atoms with Crippen molar-refractivity contribution >= 4 is 16.8 Å². The van der Waals surface area contributed by atoms with Crippen LogP contribution in [0, 0.1) is 0 Å². The third kappa shape index (κ3) is 2.35. The number of esters is 1. The van der Waals surface area contributed by atoms with E-state index in [1.165, 1.54) is 6.26 Å². The number of carbonyl (C=O) groups is 1. The molecule has 3 rings (SSSR count). The lowest BCUT2D eigenvalue weighted by Crippen LogP contribution is -2.18. The third-order valence-electron chi connectivity index (χ3n) is 2.72. The van der Waals surface area contributed by atoms with Crippen molar-refractivity contribution in [2.75, 3.05) is 0 Å². The van der Waals surface area contributed by atoms with Crippen molar-refractivity contribution in [3.8, 4) is 5.75 Å². The van der Waals surface area contributed by atoms with Crippen LogP contribution in [0.15, 0.2) is 70.8 Å². The van der Waals surface area contributed by atoms with Gasteiger partial charge in [0.05, 0.1) is 10.5 Å². The predicted molar refractivity (Wildman–Crippen MR) is 73.4 cm³/mol. The first-order chi connectivity index (χ1) is 9.75. The molecule has 2 aromatic rings. The van der Waals surface area contributed by atoms with E-state index in [2.05, 4.69) is 0 Å². The van der Waals surface area contributed by atoms with Crippen LogP contribution < -0.4 is 4.74 Å². The number of cyclic esters (lactones) is 1. The zero-order valence-corrected chi connectivity index (χ0v) is 11.1. The molecule has 4 nitrogen and oxygen atoms in total. The minimum atomic E-state index is -1.55. The van der Waals surface area contributed by atoms with Crippen molar-refractivity contribution in [3.63, 3.8) is 0 Å². The van der Waals surface area contributed by atoms with E-state index in [-0.39, 0.29) is 5.09 Å². The molecule has 0 N–H and O–H groups in total. The fourth-order valence-electron chi connectivity index (χ4n) is 1.77. The maximum atomic E-state index is 12.3. The summed E-state index contributed by atoms with van der Waals surface area (Å²) in [4.78, 5) is 12.2. The summed E-state index contributed by atoms with van der Waals surface area (Å²) < 4.78 is 22.7. The van der Waals surface area contributed by atoms with E-state index in [9.17, 15) is 9.00 Å². The molecule has 2 aromatic carbocycles. The summed E-state index contributed by atoms with van der Waals surface area (Å²) in [6.07, 6.45) is 1.21. The van der Waals surface area contributed by atoms with E-state index in [0.717, 1.165) is 0 Å². The highest BCUT2D eigenvalue weighted by atomic mass is 32.2. The van der Waals surface area contributed by atoms with E-state index in [1.807, 2.05) is 18.2 Å². The van der Waals surface area contributed by atoms with Gasteiger partial charge >= 0.3 is 5.97 Å². The molecule has 0 amide bonds. The molecule has 100 valence electrons. The number of hydrogen-bond donors (Lipinski definition) is 0. The number of ether oxygens (including phenoxy) is 2. The van der Waals surface area contributed by atoms with Crippen LogP contribution in [-0.4, -0.2) is 10.2 Å². The second kappa shape index (κ2) is 5.30. The van der Waals surface area contributed by atoms with Crippen LogP contribution in [0.1, 0.15) is 10.4 Å². The summed E-state index contributed by atoms with van der Waals surface area (Å²) in [5.41, 5.74) is 0.322. The Kier molecular flexibility index (Phi) is 3.35. The zero-order valence-electron chi connectivity index (χ0n) is 10.3. The van der Waals surface area contributed by atoms with E-state index in [1.54, 1.807) is 36.4 Å². The lowest BCUT2D eigenvalue weighted by Gasteiger charge is -2.16. The average molecular weight is 286 g/mol. The minimum absolute atomic E-state index is 0.00227. The Balaban J connectivity index is 1.90. The van der Waals surface area contributed by atoms with Gasteiger partial charge in [0.15, 0.2) is 0 Å². The molecule has 0 radical (unpaired) electrons. The molecule has 1 aliphatic rings. The van der Waals surface area contributed by atoms with Crippen LogP contribution in [0.5, 0.6) is 5.75 Å². The fourth-order valence-corrected chi connectivity index (χ4v) is 2.83. The third-order valence-corrected chi connectivity index (χ3v) is 4.02. The van der Waals surface area contributed by atoms with E-state index < -0.39 is 16.8 Å². The summed E-state index contributed by atoms with van der Waals surface area (Å²) in [7, 11) is -1.55. The normalized spacial score (nSPS) is 19.3. The molecule has 1 aliphatic heterocycles. The molecule has 0 spiro atoms. The Hall–Kier alpha value is -2.40. The largest absolute Gasteiger partial charge is 0.460 e. The van der Waals surface area contributed by atoms with Gasteiger partial charge in [-0.05, 0) is 24.3 Å². The molecule has 1 atom stereocenters. The lowest BCUT2D eigenvalue weighted by atomic mass is 10.2. The number of benzene rings is 2. The summed E-state index contributed by atoms with van der Waals surface area (Å²) >= 11 is 0. The van der Waals surface area contributed by atoms with Crippen LogP contribution in [0.3, 0.4) is 0 Å². The summed E-state index contributed by atoms with van der Waals surface area (Å²) in [6, 6.07) is 15.6. The molecule has 1 heterocycles. The molecule has 0 saturated heterocycles. The highest BCUT2D eigenvalue weighted by molar-refractivity contribution is 7.89. The lowest BCUT2D eigenvalue weighted by molar-refractivity contribution is 0.0632. The van der Waals surface area contributed by atoms with Crippen molar-refractivity contribution in [2.45, 2.75) is 4.90 Å². The first kappa shape index (κ1) is 12.6. The maximum absolute atomic E-state index is 12.3. The van der Waals surface area contributed by atoms with Gasteiger partial charge in [-0.25, -0.2) is 9.00 Å². The van der Waals surface area contributed by atoms with Crippen LogP contribution >= 0.6 is 0 Å². The maximum Gasteiger partial charge on any atom is 0.345 e. The zero-order chi connectivity index (χ0) is 13.9. The average Bonchev–Trinajstić information content (AvgIpc) is 2.50. The number of hydrogen-bond acceptors (Lipinski definition) is 4.